The molecule has 0 spiro atoms. The number of aromatic amines is 2. The van der Waals surface area contributed by atoms with Gasteiger partial charge in [0.05, 0.1) is 30.0 Å². The number of nitrogens with zero attached hydrogens (tertiary/aromatic N) is 10. The molecule has 25 heteroatoms. The van der Waals surface area contributed by atoms with E-state index < -0.39 is 20.0 Å². The van der Waals surface area contributed by atoms with E-state index in [4.69, 9.17) is 23.2 Å². The van der Waals surface area contributed by atoms with E-state index in [0.29, 0.717) is 109 Å². The molecule has 0 radical (unpaired) electrons. The molecule has 4 aliphatic rings. The zero-order valence-corrected chi connectivity index (χ0v) is 50.5. The average molecular weight is 1190 g/mol. The highest BCUT2D eigenvalue weighted by Gasteiger charge is 2.32. The van der Waals surface area contributed by atoms with Gasteiger partial charge >= 0.3 is 0 Å². The quantitative estimate of drug-likeness (QED) is 0.0375. The van der Waals surface area contributed by atoms with Gasteiger partial charge in [-0.05, 0) is 183 Å². The summed E-state index contributed by atoms with van der Waals surface area (Å²) in [4.78, 5) is 22.3. The number of aliphatic hydroxyl groups excluding tert-OH is 1. The molecule has 4 aliphatic heterocycles. The fourth-order valence-corrected chi connectivity index (χ4v) is 14.7. The first-order valence-electron chi connectivity index (χ1n) is 28.2. The van der Waals surface area contributed by atoms with Crippen molar-refractivity contribution in [1.82, 2.24) is 58.7 Å². The number of halogens is 2. The Morgan fingerprint density at radius 1 is 0.556 bits per heavy atom. The maximum absolute atomic E-state index is 13.0. The van der Waals surface area contributed by atoms with E-state index in [1.54, 1.807) is 21.0 Å². The van der Waals surface area contributed by atoms with Gasteiger partial charge in [0, 0.05) is 74.2 Å². The number of anilines is 8. The molecule has 6 aromatic rings. The molecule has 10 rings (SSSR count). The molecule has 0 bridgehead atoms. The van der Waals surface area contributed by atoms with Crippen molar-refractivity contribution >= 4 is 89.8 Å². The molecule has 4 aromatic heterocycles. The second-order valence-corrected chi connectivity index (χ2v) is 27.2. The monoisotopic (exact) mass is 1190 g/mol. The molecule has 0 amide bonds. The molecule has 2 aromatic carbocycles. The molecule has 7 N–H and O–H groups in total. The van der Waals surface area contributed by atoms with E-state index in [0.717, 1.165) is 97.7 Å². The Morgan fingerprint density at radius 2 is 0.988 bits per heavy atom. The minimum atomic E-state index is -3.28. The molecule has 4 fully saturated rings. The topological polar surface area (TPSA) is 259 Å². The van der Waals surface area contributed by atoms with Gasteiger partial charge in [-0.1, -0.05) is 35.3 Å². The van der Waals surface area contributed by atoms with Gasteiger partial charge in [0.15, 0.2) is 23.3 Å². The van der Waals surface area contributed by atoms with Crippen LogP contribution < -0.4 is 21.3 Å². The maximum Gasteiger partial charge on any atom is 0.229 e. The molecule has 0 saturated carbocycles. The summed E-state index contributed by atoms with van der Waals surface area (Å²) < 4.78 is 55.2. The Bertz CT molecular complexity index is 3340. The van der Waals surface area contributed by atoms with Gasteiger partial charge in [-0.25, -0.2) is 35.4 Å². The highest BCUT2D eigenvalue weighted by molar-refractivity contribution is 7.89. The smallest absolute Gasteiger partial charge is 0.229 e. The minimum absolute atomic E-state index is 0.161. The van der Waals surface area contributed by atoms with E-state index >= 15 is 0 Å². The lowest BCUT2D eigenvalue weighted by Crippen LogP contribution is -2.40. The van der Waals surface area contributed by atoms with Crippen molar-refractivity contribution in [3.63, 3.8) is 0 Å². The van der Waals surface area contributed by atoms with Gasteiger partial charge < -0.3 is 36.2 Å². The predicted octanol–water partition coefficient (Wildman–Crippen LogP) is 9.49. The van der Waals surface area contributed by atoms with Crippen molar-refractivity contribution < 1.29 is 21.9 Å². The summed E-state index contributed by atoms with van der Waals surface area (Å²) in [6.45, 7) is 19.7. The number of hydrogen-bond donors (Lipinski definition) is 7. The van der Waals surface area contributed by atoms with E-state index in [1.165, 1.54) is 29.5 Å². The molecule has 0 unspecified atom stereocenters. The van der Waals surface area contributed by atoms with Crippen LogP contribution in [0.25, 0.3) is 0 Å². The van der Waals surface area contributed by atoms with Crippen LogP contribution >= 0.6 is 23.2 Å². The third kappa shape index (κ3) is 16.0. The van der Waals surface area contributed by atoms with Gasteiger partial charge in [0.25, 0.3) is 0 Å². The number of aromatic nitrogens is 8. The van der Waals surface area contributed by atoms with Crippen LogP contribution in [0, 0.1) is 41.5 Å². The fraction of sp³-hybridized carbons (Fsp3) is 0.536. The van der Waals surface area contributed by atoms with Crippen LogP contribution in [0.3, 0.4) is 0 Å². The normalized spacial score (nSPS) is 18.3. The van der Waals surface area contributed by atoms with Crippen molar-refractivity contribution in [3.8, 4) is 0 Å². The van der Waals surface area contributed by atoms with Crippen LogP contribution in [0.4, 0.5) is 46.5 Å². The van der Waals surface area contributed by atoms with Crippen molar-refractivity contribution in [1.29, 1.82) is 0 Å². The number of aliphatic hydroxyl groups is 1. The number of benzene rings is 2. The number of piperidine rings is 2. The van der Waals surface area contributed by atoms with Crippen molar-refractivity contribution in [2.45, 2.75) is 117 Å². The van der Waals surface area contributed by atoms with Crippen LogP contribution in [0.5, 0.6) is 0 Å². The summed E-state index contributed by atoms with van der Waals surface area (Å²) in [5.41, 5.74) is 10.7. The number of aryl methyl sites for hydroxylation is 6. The van der Waals surface area contributed by atoms with E-state index in [9.17, 15) is 21.9 Å². The lowest BCUT2D eigenvalue weighted by molar-refractivity contribution is 0.176. The number of sulfonamides is 2. The number of rotatable bonds is 20. The van der Waals surface area contributed by atoms with Crippen LogP contribution in [-0.4, -0.2) is 164 Å². The summed E-state index contributed by atoms with van der Waals surface area (Å²) in [5.74, 6) is 4.06. The summed E-state index contributed by atoms with van der Waals surface area (Å²) in [6.07, 6.45) is 10.6. The van der Waals surface area contributed by atoms with Crippen molar-refractivity contribution in [3.05, 3.63) is 104 Å². The second-order valence-electron chi connectivity index (χ2n) is 22.2. The molecule has 21 nitrogen and oxygen atoms in total. The zero-order chi connectivity index (χ0) is 57.4. The van der Waals surface area contributed by atoms with Crippen LogP contribution in [0.1, 0.15) is 114 Å². The molecule has 4 saturated heterocycles. The Hall–Kier alpha value is -5.50. The number of nitrogens with one attached hydrogen (secondary N) is 6. The molecule has 0 aliphatic carbocycles. The second kappa shape index (κ2) is 26.8. The van der Waals surface area contributed by atoms with Gasteiger partial charge in [0.1, 0.15) is 10.0 Å². The highest BCUT2D eigenvalue weighted by atomic mass is 35.5. The minimum Gasteiger partial charge on any atom is -0.392 e. The number of hydrogen-bond acceptors (Lipinski definition) is 17. The van der Waals surface area contributed by atoms with Gasteiger partial charge in [0.2, 0.25) is 31.9 Å². The summed E-state index contributed by atoms with van der Waals surface area (Å²) >= 11 is 12.6. The first kappa shape index (κ1) is 60.1. The number of likely N-dealkylation sites (tertiary alicyclic amines) is 2. The lowest BCUT2D eigenvalue weighted by Gasteiger charge is -2.32. The SMILES string of the molecule is Cc1cc(Nc2nc(Nc3cc(C)c(C4CCN(S(=O)(=O)CCCN5CCCC5)CC4)cc3C)ncc2Cl)n[nH]1.Cc1cc(Nc2nc(Nc3cc(C)c(C4CCN(S(=O)(=O)CCCN5CC[C@@H](O)C5)CC4)cc3C)ncc2Cl)n[nH]1. The van der Waals surface area contributed by atoms with Gasteiger partial charge in [-0.2, -0.15) is 20.2 Å². The molecular formula is C56H78Cl2N16O5S2. The van der Waals surface area contributed by atoms with E-state index in [2.05, 4.69) is 116 Å². The van der Waals surface area contributed by atoms with Crippen LogP contribution in [0.2, 0.25) is 10.0 Å². The predicted molar refractivity (Wildman–Crippen MR) is 322 cm³/mol. The largest absolute Gasteiger partial charge is 0.392 e. The van der Waals surface area contributed by atoms with Gasteiger partial charge in [-0.15, -0.1) is 0 Å². The lowest BCUT2D eigenvalue weighted by atomic mass is 9.86. The Kier molecular flexibility index (Phi) is 19.9. The Balaban J connectivity index is 0.000000196. The molecule has 81 heavy (non-hydrogen) atoms. The fourth-order valence-electron chi connectivity index (χ4n) is 11.4. The zero-order valence-electron chi connectivity index (χ0n) is 47.3. The van der Waals surface area contributed by atoms with Crippen molar-refractivity contribution in [2.24, 2.45) is 0 Å². The first-order valence-corrected chi connectivity index (χ1v) is 32.2. The highest BCUT2D eigenvalue weighted by Crippen LogP contribution is 2.37. The van der Waals surface area contributed by atoms with Gasteiger partial charge in [-0.3, -0.25) is 10.2 Å². The number of β-amino-alcohol motifs (C(OH)–C–C–N with tert-alkyl or cyclic N) is 1. The number of H-pyrrole nitrogens is 2. The molecule has 8 heterocycles. The Labute approximate surface area is 486 Å². The Morgan fingerprint density at radius 3 is 1.38 bits per heavy atom. The molecular weight excluding hydrogens is 1110 g/mol. The first-order chi connectivity index (χ1) is 38.7. The third-order valence-electron chi connectivity index (χ3n) is 15.9. The summed E-state index contributed by atoms with van der Waals surface area (Å²) in [6, 6.07) is 12.4. The molecule has 1 atom stereocenters. The third-order valence-corrected chi connectivity index (χ3v) is 20.4. The molecule has 438 valence electrons. The maximum atomic E-state index is 13.0. The van der Waals surface area contributed by atoms with E-state index in [-0.39, 0.29) is 17.6 Å². The van der Waals surface area contributed by atoms with E-state index in [1.807, 2.05) is 32.9 Å². The average Bonchev–Trinajstić information content (AvgIpc) is 4.37. The summed E-state index contributed by atoms with van der Waals surface area (Å²) in [7, 11) is -6.48. The standard InChI is InChI=1S/C28H39ClN8O3S.C28H39ClN8O2S/c1-18-14-25(31-28-30-16-24(29)27(33-28)32-26-15-20(3)34-35-26)19(2)13-23(18)21-5-10-37(11-6-21)41(39,40)12-4-8-36-9-7-22(38)17-36;1-19-16-25(31-28-30-18-24(29)27(33-28)32-26-17-21(3)34-35-26)20(2)15-23(19)22-7-12-37(13-8-22)40(38,39)14-6-11-36-9-4-5-10-36/h13-16,21-22,38H,4-12,17H2,1-3H3,(H3,30,31,32,33,34,35);15-18,22H,4-14H2,1-3H3,(H3,30,31,32,33,34,35)/t22-;/m1./s1. The van der Waals surface area contributed by atoms with Crippen LogP contribution in [0.15, 0.2) is 48.8 Å². The van der Waals surface area contributed by atoms with Crippen LogP contribution in [-0.2, 0) is 20.0 Å². The van der Waals surface area contributed by atoms with Crippen molar-refractivity contribution in [2.75, 3.05) is 98.2 Å². The summed E-state index contributed by atoms with van der Waals surface area (Å²) in [5, 5.41) is 37.5.